The molecule has 1 aliphatic carbocycles. The van der Waals surface area contributed by atoms with E-state index >= 15 is 0 Å². The molecule has 3 atom stereocenters. The predicted molar refractivity (Wildman–Crippen MR) is 102 cm³/mol. The molecule has 1 heterocycles. The van der Waals surface area contributed by atoms with E-state index in [-0.39, 0.29) is 29.2 Å². The second-order valence-electron chi connectivity index (χ2n) is 7.69. The first-order valence-corrected chi connectivity index (χ1v) is 9.56. The Morgan fingerprint density at radius 1 is 1.14 bits per heavy atom. The standard InChI is InChI=1S/C22H24FNO4/c1-27-18-6-7-20(23)22(10-18)28-19-8-15-11-24(12-16(15)9-19)13-21(26)14-2-4-17(25)5-3-14/h2-7,10,15-16,19,25H,8-9,11-13H2,1H3/t15-,16+,19?. The number of benzene rings is 2. The minimum atomic E-state index is -0.376. The van der Waals surface area contributed by atoms with Crippen LogP contribution in [0.1, 0.15) is 23.2 Å². The molecule has 1 N–H and O–H groups in total. The van der Waals surface area contributed by atoms with Crippen molar-refractivity contribution in [3.05, 3.63) is 53.8 Å². The van der Waals surface area contributed by atoms with Crippen molar-refractivity contribution in [3.63, 3.8) is 0 Å². The van der Waals surface area contributed by atoms with Gasteiger partial charge in [-0.25, -0.2) is 4.39 Å². The highest BCUT2D eigenvalue weighted by atomic mass is 19.1. The molecule has 28 heavy (non-hydrogen) atoms. The van der Waals surface area contributed by atoms with Gasteiger partial charge in [-0.1, -0.05) is 0 Å². The summed E-state index contributed by atoms with van der Waals surface area (Å²) in [6.07, 6.45) is 1.72. The number of methoxy groups -OCH3 is 1. The van der Waals surface area contributed by atoms with E-state index in [2.05, 4.69) is 4.90 Å². The van der Waals surface area contributed by atoms with Crippen LogP contribution >= 0.6 is 0 Å². The molecule has 2 aliphatic rings. The maximum atomic E-state index is 14.0. The fraction of sp³-hybridized carbons (Fsp3) is 0.409. The van der Waals surface area contributed by atoms with Crippen LogP contribution in [0.25, 0.3) is 0 Å². The Kier molecular flexibility index (Phi) is 5.22. The maximum absolute atomic E-state index is 14.0. The van der Waals surface area contributed by atoms with E-state index in [1.165, 1.54) is 18.2 Å². The van der Waals surface area contributed by atoms with Crippen molar-refractivity contribution >= 4 is 5.78 Å². The summed E-state index contributed by atoms with van der Waals surface area (Å²) in [5, 5.41) is 9.34. The van der Waals surface area contributed by atoms with E-state index in [0.29, 0.717) is 29.7 Å². The number of rotatable bonds is 6. The number of carbonyl (C=O) groups excluding carboxylic acids is 1. The van der Waals surface area contributed by atoms with Gasteiger partial charge < -0.3 is 14.6 Å². The van der Waals surface area contributed by atoms with Crippen LogP contribution in [-0.2, 0) is 0 Å². The van der Waals surface area contributed by atoms with Gasteiger partial charge in [-0.3, -0.25) is 9.69 Å². The van der Waals surface area contributed by atoms with Crippen molar-refractivity contribution in [2.24, 2.45) is 11.8 Å². The van der Waals surface area contributed by atoms with Gasteiger partial charge in [0.2, 0.25) is 0 Å². The van der Waals surface area contributed by atoms with Gasteiger partial charge in [0.05, 0.1) is 19.8 Å². The molecule has 2 aromatic carbocycles. The van der Waals surface area contributed by atoms with Gasteiger partial charge in [0.15, 0.2) is 17.3 Å². The van der Waals surface area contributed by atoms with E-state index in [1.807, 2.05) is 0 Å². The van der Waals surface area contributed by atoms with E-state index in [4.69, 9.17) is 9.47 Å². The van der Waals surface area contributed by atoms with Crippen molar-refractivity contribution in [2.75, 3.05) is 26.7 Å². The Bertz CT molecular complexity index is 840. The molecule has 1 saturated carbocycles. The maximum Gasteiger partial charge on any atom is 0.176 e. The average Bonchev–Trinajstić information content (AvgIpc) is 3.21. The number of phenolic OH excluding ortho intramolecular Hbond substituents is 1. The minimum Gasteiger partial charge on any atom is -0.508 e. The van der Waals surface area contributed by atoms with E-state index in [0.717, 1.165) is 25.9 Å². The summed E-state index contributed by atoms with van der Waals surface area (Å²) < 4.78 is 25.1. The van der Waals surface area contributed by atoms with Crippen LogP contribution < -0.4 is 9.47 Å². The SMILES string of the molecule is COc1ccc(F)c(OC2C[C@@H]3CN(CC(=O)c4ccc(O)cc4)C[C@@H]3C2)c1. The van der Waals surface area contributed by atoms with Gasteiger partial charge in [-0.2, -0.15) is 0 Å². The second kappa shape index (κ2) is 7.80. The Labute approximate surface area is 163 Å². The van der Waals surface area contributed by atoms with Crippen molar-refractivity contribution < 1.29 is 23.8 Å². The van der Waals surface area contributed by atoms with Crippen molar-refractivity contribution in [1.29, 1.82) is 0 Å². The van der Waals surface area contributed by atoms with Crippen molar-refractivity contribution in [2.45, 2.75) is 18.9 Å². The number of ketones is 1. The molecule has 0 amide bonds. The molecule has 1 unspecified atom stereocenters. The van der Waals surface area contributed by atoms with Crippen molar-refractivity contribution in [3.8, 4) is 17.2 Å². The first kappa shape index (κ1) is 18.7. The molecule has 0 bridgehead atoms. The Hall–Kier alpha value is -2.60. The van der Waals surface area contributed by atoms with Crippen LogP contribution in [0.5, 0.6) is 17.2 Å². The first-order chi connectivity index (χ1) is 13.5. The molecule has 0 aromatic heterocycles. The molecule has 1 aliphatic heterocycles. The normalized spacial score (nSPS) is 24.1. The van der Waals surface area contributed by atoms with Gasteiger partial charge in [0, 0.05) is 24.7 Å². The zero-order chi connectivity index (χ0) is 19.7. The van der Waals surface area contributed by atoms with Gasteiger partial charge in [-0.15, -0.1) is 0 Å². The number of phenols is 1. The molecular formula is C22H24FNO4. The van der Waals surface area contributed by atoms with Crippen LogP contribution in [0.4, 0.5) is 4.39 Å². The van der Waals surface area contributed by atoms with E-state index in [9.17, 15) is 14.3 Å². The smallest absolute Gasteiger partial charge is 0.176 e. The predicted octanol–water partition coefficient (Wildman–Crippen LogP) is 3.51. The third kappa shape index (κ3) is 3.97. The third-order valence-corrected chi connectivity index (χ3v) is 5.77. The van der Waals surface area contributed by atoms with E-state index in [1.54, 1.807) is 31.4 Å². The van der Waals surface area contributed by atoms with Crippen molar-refractivity contribution in [1.82, 2.24) is 4.90 Å². The lowest BCUT2D eigenvalue weighted by atomic mass is 10.0. The molecule has 5 nitrogen and oxygen atoms in total. The quantitative estimate of drug-likeness (QED) is 0.771. The molecule has 0 radical (unpaired) electrons. The largest absolute Gasteiger partial charge is 0.508 e. The fourth-order valence-corrected chi connectivity index (χ4v) is 4.39. The molecule has 2 aromatic rings. The van der Waals surface area contributed by atoms with Crippen LogP contribution in [0.3, 0.4) is 0 Å². The Morgan fingerprint density at radius 2 is 1.82 bits per heavy atom. The Balaban J connectivity index is 1.31. The number of likely N-dealkylation sites (tertiary alicyclic amines) is 1. The number of hydrogen-bond donors (Lipinski definition) is 1. The summed E-state index contributed by atoms with van der Waals surface area (Å²) in [4.78, 5) is 14.6. The van der Waals surface area contributed by atoms with E-state index < -0.39 is 0 Å². The number of aromatic hydroxyl groups is 1. The van der Waals surface area contributed by atoms with Crippen LogP contribution in [0.15, 0.2) is 42.5 Å². The fourth-order valence-electron chi connectivity index (χ4n) is 4.39. The summed E-state index contributed by atoms with van der Waals surface area (Å²) in [7, 11) is 1.55. The summed E-state index contributed by atoms with van der Waals surface area (Å²) in [5.74, 6) is 1.59. The molecule has 4 rings (SSSR count). The molecule has 6 heteroatoms. The van der Waals surface area contributed by atoms with Crippen LogP contribution in [0.2, 0.25) is 0 Å². The number of halogens is 1. The number of Topliss-reactive ketones (excluding diaryl/α,β-unsaturated/α-hetero) is 1. The highest BCUT2D eigenvalue weighted by molar-refractivity contribution is 5.97. The number of carbonyl (C=O) groups is 1. The van der Waals surface area contributed by atoms with Crippen LogP contribution in [-0.4, -0.2) is 48.6 Å². The number of nitrogens with zero attached hydrogens (tertiary/aromatic N) is 1. The highest BCUT2D eigenvalue weighted by Crippen LogP contribution is 2.40. The lowest BCUT2D eigenvalue weighted by Crippen LogP contribution is -2.30. The van der Waals surface area contributed by atoms with Gasteiger partial charge >= 0.3 is 0 Å². The lowest BCUT2D eigenvalue weighted by molar-refractivity contribution is 0.0936. The van der Waals surface area contributed by atoms with Gasteiger partial charge in [-0.05, 0) is 61.1 Å². The first-order valence-electron chi connectivity index (χ1n) is 9.56. The van der Waals surface area contributed by atoms with Crippen LogP contribution in [0, 0.1) is 17.7 Å². The van der Waals surface area contributed by atoms with Gasteiger partial charge in [0.25, 0.3) is 0 Å². The second-order valence-corrected chi connectivity index (χ2v) is 7.69. The number of ether oxygens (including phenoxy) is 2. The summed E-state index contributed by atoms with van der Waals surface area (Å²) in [6, 6.07) is 10.9. The molecule has 148 valence electrons. The molecule has 1 saturated heterocycles. The number of hydrogen-bond acceptors (Lipinski definition) is 5. The highest BCUT2D eigenvalue weighted by Gasteiger charge is 2.42. The monoisotopic (exact) mass is 385 g/mol. The topological polar surface area (TPSA) is 59.0 Å². The summed E-state index contributed by atoms with van der Waals surface area (Å²) in [6.45, 7) is 2.09. The molecule has 0 spiro atoms. The lowest BCUT2D eigenvalue weighted by Gasteiger charge is -2.19. The molecule has 2 fully saturated rings. The minimum absolute atomic E-state index is 0.00782. The summed E-state index contributed by atoms with van der Waals surface area (Å²) in [5.41, 5.74) is 0.615. The third-order valence-electron chi connectivity index (χ3n) is 5.77. The van der Waals surface area contributed by atoms with Gasteiger partial charge in [0.1, 0.15) is 11.5 Å². The number of fused-ring (bicyclic) bond motifs is 1. The Morgan fingerprint density at radius 3 is 2.46 bits per heavy atom. The molecular weight excluding hydrogens is 361 g/mol. The zero-order valence-corrected chi connectivity index (χ0v) is 15.8. The average molecular weight is 385 g/mol. The summed E-state index contributed by atoms with van der Waals surface area (Å²) >= 11 is 0. The zero-order valence-electron chi connectivity index (χ0n) is 15.8.